The van der Waals surface area contributed by atoms with Gasteiger partial charge in [0.1, 0.15) is 0 Å². The van der Waals surface area contributed by atoms with Crippen LogP contribution in [0.2, 0.25) is 0 Å². The van der Waals surface area contributed by atoms with E-state index in [9.17, 15) is 4.79 Å². The highest BCUT2D eigenvalue weighted by Crippen LogP contribution is 2.17. The fraction of sp³-hybridized carbons (Fsp3) is 0.500. The third kappa shape index (κ3) is 4.40. The first-order chi connectivity index (χ1) is 7.53. The van der Waals surface area contributed by atoms with Gasteiger partial charge in [-0.2, -0.15) is 0 Å². The Morgan fingerprint density at radius 1 is 1.50 bits per heavy atom. The van der Waals surface area contributed by atoms with E-state index in [1.165, 1.54) is 0 Å². The molecule has 0 saturated carbocycles. The molecule has 4 heteroatoms. The summed E-state index contributed by atoms with van der Waals surface area (Å²) in [5.41, 5.74) is 6.29. The van der Waals surface area contributed by atoms with Crippen molar-refractivity contribution in [2.24, 2.45) is 11.1 Å². The summed E-state index contributed by atoms with van der Waals surface area (Å²) in [6.45, 7) is 4.94. The van der Waals surface area contributed by atoms with Gasteiger partial charge in [-0.3, -0.25) is 9.78 Å². The molecule has 1 heterocycles. The zero-order valence-corrected chi connectivity index (χ0v) is 9.86. The number of carbonyl (C=O) groups is 1. The first kappa shape index (κ1) is 12.6. The first-order valence-corrected chi connectivity index (χ1v) is 5.40. The van der Waals surface area contributed by atoms with E-state index in [4.69, 9.17) is 5.73 Å². The van der Waals surface area contributed by atoms with Crippen LogP contribution >= 0.6 is 0 Å². The molecule has 3 N–H and O–H groups in total. The number of amides is 1. The molecule has 0 aromatic carbocycles. The number of hydrogen-bond acceptors (Lipinski definition) is 3. The molecule has 0 bridgehead atoms. The van der Waals surface area contributed by atoms with E-state index in [0.29, 0.717) is 19.5 Å². The highest BCUT2D eigenvalue weighted by Gasteiger charge is 2.19. The number of rotatable bonds is 5. The lowest BCUT2D eigenvalue weighted by Gasteiger charge is -2.21. The lowest BCUT2D eigenvalue weighted by Crippen LogP contribution is -2.32. The molecule has 16 heavy (non-hydrogen) atoms. The fourth-order valence-electron chi connectivity index (χ4n) is 1.26. The Hall–Kier alpha value is -1.42. The van der Waals surface area contributed by atoms with Gasteiger partial charge in [-0.05, 0) is 24.1 Å². The minimum absolute atomic E-state index is 0.0149. The Labute approximate surface area is 96.3 Å². The predicted octanol–water partition coefficient (Wildman–Crippen LogP) is 1.07. The Morgan fingerprint density at radius 3 is 2.81 bits per heavy atom. The minimum Gasteiger partial charge on any atom is -0.350 e. The van der Waals surface area contributed by atoms with E-state index in [1.807, 2.05) is 32.0 Å². The molecule has 4 nitrogen and oxygen atoms in total. The van der Waals surface area contributed by atoms with E-state index < -0.39 is 0 Å². The maximum atomic E-state index is 11.6. The summed E-state index contributed by atoms with van der Waals surface area (Å²) in [6.07, 6.45) is 2.15. The molecule has 1 amide bonds. The molecule has 1 aromatic heterocycles. The van der Waals surface area contributed by atoms with E-state index in [1.54, 1.807) is 6.20 Å². The molecule has 0 spiro atoms. The number of nitrogens with zero attached hydrogens (tertiary/aromatic N) is 1. The number of pyridine rings is 1. The average molecular weight is 221 g/mol. The maximum absolute atomic E-state index is 11.6. The van der Waals surface area contributed by atoms with Crippen LogP contribution in [0.4, 0.5) is 0 Å². The molecular formula is C12H19N3O. The number of nitrogens with one attached hydrogen (secondary N) is 1. The largest absolute Gasteiger partial charge is 0.350 e. The summed E-state index contributed by atoms with van der Waals surface area (Å²) in [4.78, 5) is 15.7. The van der Waals surface area contributed by atoms with Crippen LogP contribution in [0, 0.1) is 5.41 Å². The Kier molecular flexibility index (Phi) is 4.43. The van der Waals surface area contributed by atoms with Gasteiger partial charge in [-0.25, -0.2) is 0 Å². The summed E-state index contributed by atoms with van der Waals surface area (Å²) in [5.74, 6) is 0.0149. The van der Waals surface area contributed by atoms with Crippen LogP contribution in [-0.4, -0.2) is 17.4 Å². The molecule has 88 valence electrons. The van der Waals surface area contributed by atoms with Crippen molar-refractivity contribution < 1.29 is 4.79 Å². The summed E-state index contributed by atoms with van der Waals surface area (Å²) in [6, 6.07) is 5.63. The van der Waals surface area contributed by atoms with Crippen LogP contribution < -0.4 is 11.1 Å². The fourth-order valence-corrected chi connectivity index (χ4v) is 1.26. The van der Waals surface area contributed by atoms with Gasteiger partial charge in [0.2, 0.25) is 5.91 Å². The van der Waals surface area contributed by atoms with Crippen LogP contribution in [0.5, 0.6) is 0 Å². The van der Waals surface area contributed by atoms with Gasteiger partial charge >= 0.3 is 0 Å². The van der Waals surface area contributed by atoms with E-state index in [2.05, 4.69) is 10.3 Å². The van der Waals surface area contributed by atoms with Crippen molar-refractivity contribution in [3.8, 4) is 0 Å². The molecule has 1 rings (SSSR count). The molecule has 0 fully saturated rings. The molecular weight excluding hydrogens is 202 g/mol. The monoisotopic (exact) mass is 221 g/mol. The second-order valence-electron chi connectivity index (χ2n) is 4.64. The van der Waals surface area contributed by atoms with Gasteiger partial charge in [-0.1, -0.05) is 19.9 Å². The van der Waals surface area contributed by atoms with Crippen molar-refractivity contribution in [3.63, 3.8) is 0 Å². The molecule has 0 aliphatic carbocycles. The molecule has 0 saturated heterocycles. The number of hydrogen-bond donors (Lipinski definition) is 2. The van der Waals surface area contributed by atoms with Crippen molar-refractivity contribution in [1.29, 1.82) is 0 Å². The zero-order chi connectivity index (χ0) is 12.0. The third-order valence-corrected chi connectivity index (χ3v) is 2.38. The van der Waals surface area contributed by atoms with Crippen molar-refractivity contribution in [2.75, 3.05) is 6.54 Å². The maximum Gasteiger partial charge on any atom is 0.220 e. The standard InChI is InChI=1S/C12H19N3O/c1-12(2,9-13)7-11(16)15-8-10-5-3-4-6-14-10/h3-6H,7-9,13H2,1-2H3,(H,15,16). The van der Waals surface area contributed by atoms with Gasteiger partial charge in [0.25, 0.3) is 0 Å². The van der Waals surface area contributed by atoms with Crippen LogP contribution in [0.1, 0.15) is 26.0 Å². The van der Waals surface area contributed by atoms with Crippen molar-refractivity contribution in [1.82, 2.24) is 10.3 Å². The highest BCUT2D eigenvalue weighted by molar-refractivity contribution is 5.76. The quantitative estimate of drug-likeness (QED) is 0.781. The number of carbonyl (C=O) groups excluding carboxylic acids is 1. The van der Waals surface area contributed by atoms with E-state index >= 15 is 0 Å². The van der Waals surface area contributed by atoms with E-state index in [0.717, 1.165) is 5.69 Å². The lowest BCUT2D eigenvalue weighted by atomic mass is 9.89. The Bertz CT molecular complexity index is 335. The molecule has 0 atom stereocenters. The van der Waals surface area contributed by atoms with Gasteiger partial charge in [-0.15, -0.1) is 0 Å². The number of nitrogens with two attached hydrogens (primary N) is 1. The van der Waals surface area contributed by atoms with Gasteiger partial charge in [0.15, 0.2) is 0 Å². The second kappa shape index (κ2) is 5.61. The van der Waals surface area contributed by atoms with Crippen molar-refractivity contribution >= 4 is 5.91 Å². The third-order valence-electron chi connectivity index (χ3n) is 2.38. The molecule has 1 aromatic rings. The second-order valence-corrected chi connectivity index (χ2v) is 4.64. The minimum atomic E-state index is -0.145. The van der Waals surface area contributed by atoms with Gasteiger partial charge < -0.3 is 11.1 Å². The van der Waals surface area contributed by atoms with Crippen LogP contribution in [0.15, 0.2) is 24.4 Å². The van der Waals surface area contributed by atoms with Crippen LogP contribution in [0.3, 0.4) is 0 Å². The molecule has 0 aliphatic rings. The SMILES string of the molecule is CC(C)(CN)CC(=O)NCc1ccccn1. The average Bonchev–Trinajstić information content (AvgIpc) is 2.27. The van der Waals surface area contributed by atoms with Gasteiger partial charge in [0, 0.05) is 12.6 Å². The summed E-state index contributed by atoms with van der Waals surface area (Å²) < 4.78 is 0. The van der Waals surface area contributed by atoms with Crippen LogP contribution in [0.25, 0.3) is 0 Å². The summed E-state index contributed by atoms with van der Waals surface area (Å²) >= 11 is 0. The smallest absolute Gasteiger partial charge is 0.220 e. The first-order valence-electron chi connectivity index (χ1n) is 5.40. The summed E-state index contributed by atoms with van der Waals surface area (Å²) in [5, 5.41) is 2.83. The van der Waals surface area contributed by atoms with E-state index in [-0.39, 0.29) is 11.3 Å². The predicted molar refractivity (Wildman–Crippen MR) is 63.5 cm³/mol. The topological polar surface area (TPSA) is 68.0 Å². The Morgan fingerprint density at radius 2 is 2.25 bits per heavy atom. The van der Waals surface area contributed by atoms with Crippen molar-refractivity contribution in [2.45, 2.75) is 26.8 Å². The Balaban J connectivity index is 2.36. The van der Waals surface area contributed by atoms with Gasteiger partial charge in [0.05, 0.1) is 12.2 Å². The molecule has 0 aliphatic heterocycles. The highest BCUT2D eigenvalue weighted by atomic mass is 16.1. The molecule has 0 unspecified atom stereocenters. The summed E-state index contributed by atoms with van der Waals surface area (Å²) in [7, 11) is 0. The zero-order valence-electron chi connectivity index (χ0n) is 9.86. The normalized spacial score (nSPS) is 11.2. The number of aromatic nitrogens is 1. The van der Waals surface area contributed by atoms with Crippen molar-refractivity contribution in [3.05, 3.63) is 30.1 Å². The van der Waals surface area contributed by atoms with Crippen LogP contribution in [-0.2, 0) is 11.3 Å². The molecule has 0 radical (unpaired) electrons. The lowest BCUT2D eigenvalue weighted by molar-refractivity contribution is -0.123.